The third-order valence-electron chi connectivity index (χ3n) is 4.43. The van der Waals surface area contributed by atoms with Crippen LogP contribution in [0.1, 0.15) is 31.2 Å². The second kappa shape index (κ2) is 6.38. The maximum absolute atomic E-state index is 12.6. The van der Waals surface area contributed by atoms with Gasteiger partial charge in [-0.05, 0) is 37.5 Å². The van der Waals surface area contributed by atoms with Crippen LogP contribution in [0.15, 0.2) is 18.2 Å². The molecule has 1 fully saturated rings. The van der Waals surface area contributed by atoms with Crippen LogP contribution in [0.25, 0.3) is 0 Å². The van der Waals surface area contributed by atoms with E-state index >= 15 is 0 Å². The van der Waals surface area contributed by atoms with Crippen molar-refractivity contribution in [2.75, 3.05) is 36.4 Å². The van der Waals surface area contributed by atoms with Crippen LogP contribution in [0.2, 0.25) is 0 Å². The third kappa shape index (κ3) is 3.08. The molecule has 0 saturated carbocycles. The number of hydrogen-bond donors (Lipinski definition) is 1. The first kappa shape index (κ1) is 14.9. The Bertz CT molecular complexity index is 577. The summed E-state index contributed by atoms with van der Waals surface area (Å²) in [5.74, 6) is 0.0169. The van der Waals surface area contributed by atoms with Crippen molar-refractivity contribution in [3.05, 3.63) is 23.8 Å². The minimum atomic E-state index is -0.0421. The summed E-state index contributed by atoms with van der Waals surface area (Å²) >= 11 is 0. The summed E-state index contributed by atoms with van der Waals surface area (Å²) in [5, 5.41) is 3.13. The summed E-state index contributed by atoms with van der Waals surface area (Å²) in [6, 6.07) is 5.91. The molecule has 5 heteroatoms. The van der Waals surface area contributed by atoms with Gasteiger partial charge in [-0.15, -0.1) is 0 Å². The van der Waals surface area contributed by atoms with Gasteiger partial charge in [-0.2, -0.15) is 0 Å². The first-order valence-corrected chi connectivity index (χ1v) is 8.08. The van der Waals surface area contributed by atoms with Crippen molar-refractivity contribution in [1.29, 1.82) is 0 Å². The zero-order valence-corrected chi connectivity index (χ0v) is 13.1. The van der Waals surface area contributed by atoms with Crippen molar-refractivity contribution in [2.45, 2.75) is 32.6 Å². The monoisotopic (exact) mass is 301 g/mol. The first-order valence-electron chi connectivity index (χ1n) is 8.08. The molecule has 118 valence electrons. The summed E-state index contributed by atoms with van der Waals surface area (Å²) in [7, 11) is 0. The van der Waals surface area contributed by atoms with E-state index in [2.05, 4.69) is 5.32 Å². The molecule has 2 heterocycles. The number of nitrogens with zero attached hydrogens (tertiary/aromatic N) is 2. The molecular weight excluding hydrogens is 278 g/mol. The van der Waals surface area contributed by atoms with E-state index in [4.69, 9.17) is 0 Å². The average Bonchev–Trinajstić information content (AvgIpc) is 2.79. The summed E-state index contributed by atoms with van der Waals surface area (Å²) in [5.41, 5.74) is 2.88. The van der Waals surface area contributed by atoms with Crippen molar-refractivity contribution in [1.82, 2.24) is 4.90 Å². The van der Waals surface area contributed by atoms with Crippen LogP contribution >= 0.6 is 0 Å². The number of rotatable bonds is 2. The van der Waals surface area contributed by atoms with Gasteiger partial charge in [0.05, 0.1) is 17.9 Å². The fraction of sp³-hybridized carbons (Fsp3) is 0.529. The zero-order valence-electron chi connectivity index (χ0n) is 13.1. The Morgan fingerprint density at radius 1 is 1.18 bits per heavy atom. The van der Waals surface area contributed by atoms with E-state index < -0.39 is 0 Å². The molecule has 3 rings (SSSR count). The van der Waals surface area contributed by atoms with Gasteiger partial charge in [-0.3, -0.25) is 14.5 Å². The van der Waals surface area contributed by atoms with E-state index in [0.29, 0.717) is 0 Å². The van der Waals surface area contributed by atoms with E-state index in [1.165, 1.54) is 12.8 Å². The molecule has 1 aromatic carbocycles. The van der Waals surface area contributed by atoms with E-state index in [9.17, 15) is 9.59 Å². The van der Waals surface area contributed by atoms with Crippen molar-refractivity contribution in [3.63, 3.8) is 0 Å². The molecule has 1 saturated heterocycles. The maximum atomic E-state index is 12.6. The predicted molar refractivity (Wildman–Crippen MR) is 87.1 cm³/mol. The van der Waals surface area contributed by atoms with Gasteiger partial charge in [0.1, 0.15) is 6.54 Å². The maximum Gasteiger partial charge on any atom is 0.246 e. The van der Waals surface area contributed by atoms with E-state index in [1.54, 1.807) is 4.90 Å². The average molecular weight is 301 g/mol. The Balaban J connectivity index is 1.76. The highest BCUT2D eigenvalue weighted by Crippen LogP contribution is 2.30. The van der Waals surface area contributed by atoms with Crippen LogP contribution in [0.3, 0.4) is 0 Å². The van der Waals surface area contributed by atoms with Gasteiger partial charge in [0.15, 0.2) is 0 Å². The molecule has 2 amide bonds. The number of carbonyl (C=O) groups is 2. The van der Waals surface area contributed by atoms with Gasteiger partial charge in [0.25, 0.3) is 0 Å². The number of anilines is 2. The highest BCUT2D eigenvalue weighted by atomic mass is 16.2. The van der Waals surface area contributed by atoms with E-state index in [0.717, 1.165) is 42.9 Å². The number of carbonyl (C=O) groups excluding carboxylic acids is 2. The molecule has 22 heavy (non-hydrogen) atoms. The highest BCUT2D eigenvalue weighted by molar-refractivity contribution is 6.06. The minimum Gasteiger partial charge on any atom is -0.374 e. The molecule has 0 atom stereocenters. The molecule has 0 aromatic heterocycles. The van der Waals surface area contributed by atoms with Gasteiger partial charge in [-0.1, -0.05) is 18.9 Å². The largest absolute Gasteiger partial charge is 0.374 e. The Morgan fingerprint density at radius 2 is 1.91 bits per heavy atom. The molecule has 0 bridgehead atoms. The van der Waals surface area contributed by atoms with Gasteiger partial charge in [0.2, 0.25) is 11.8 Å². The van der Waals surface area contributed by atoms with Crippen molar-refractivity contribution in [3.8, 4) is 0 Å². The van der Waals surface area contributed by atoms with Crippen LogP contribution in [0.5, 0.6) is 0 Å². The topological polar surface area (TPSA) is 52.7 Å². The summed E-state index contributed by atoms with van der Waals surface area (Å²) in [4.78, 5) is 28.3. The molecule has 2 aliphatic rings. The fourth-order valence-electron chi connectivity index (χ4n) is 3.16. The minimum absolute atomic E-state index is 0.0421. The number of hydrogen-bond acceptors (Lipinski definition) is 3. The number of likely N-dealkylation sites (tertiary alicyclic amines) is 1. The van der Waals surface area contributed by atoms with Gasteiger partial charge < -0.3 is 10.2 Å². The Hall–Kier alpha value is -2.04. The zero-order chi connectivity index (χ0) is 15.5. The summed E-state index contributed by atoms with van der Waals surface area (Å²) in [6.07, 6.45) is 4.52. The Labute approximate surface area is 131 Å². The summed E-state index contributed by atoms with van der Waals surface area (Å²) in [6.45, 7) is 4.06. The van der Waals surface area contributed by atoms with Crippen LogP contribution in [-0.2, 0) is 9.59 Å². The number of aryl methyl sites for hydroxylation is 1. The molecule has 5 nitrogen and oxygen atoms in total. The number of benzene rings is 1. The Kier molecular flexibility index (Phi) is 4.32. The SMILES string of the molecule is Cc1ccc2c(c1)NCC(=O)N2CC(=O)N1CCCCCC1. The lowest BCUT2D eigenvalue weighted by atomic mass is 10.1. The molecule has 0 radical (unpaired) electrons. The molecule has 0 unspecified atom stereocenters. The third-order valence-corrected chi connectivity index (χ3v) is 4.43. The van der Waals surface area contributed by atoms with Crippen molar-refractivity contribution in [2.24, 2.45) is 0 Å². The smallest absolute Gasteiger partial charge is 0.246 e. The number of amides is 2. The van der Waals surface area contributed by atoms with Crippen LogP contribution in [0, 0.1) is 6.92 Å². The molecule has 0 aliphatic carbocycles. The second-order valence-corrected chi connectivity index (χ2v) is 6.15. The van der Waals surface area contributed by atoms with Crippen LogP contribution in [0.4, 0.5) is 11.4 Å². The van der Waals surface area contributed by atoms with Gasteiger partial charge in [-0.25, -0.2) is 0 Å². The summed E-state index contributed by atoms with van der Waals surface area (Å²) < 4.78 is 0. The molecule has 0 spiro atoms. The number of fused-ring (bicyclic) bond motifs is 1. The lowest BCUT2D eigenvalue weighted by molar-refractivity contribution is -0.131. The number of nitrogens with one attached hydrogen (secondary N) is 1. The lowest BCUT2D eigenvalue weighted by Crippen LogP contribution is -2.47. The highest BCUT2D eigenvalue weighted by Gasteiger charge is 2.27. The van der Waals surface area contributed by atoms with Gasteiger partial charge >= 0.3 is 0 Å². The van der Waals surface area contributed by atoms with Crippen molar-refractivity contribution >= 4 is 23.2 Å². The molecule has 2 aliphatic heterocycles. The van der Waals surface area contributed by atoms with Crippen LogP contribution < -0.4 is 10.2 Å². The Morgan fingerprint density at radius 3 is 2.64 bits per heavy atom. The first-order chi connectivity index (χ1) is 10.6. The standard InChI is InChI=1S/C17H23N3O2/c1-13-6-7-15-14(10-13)18-11-16(21)20(15)12-17(22)19-8-4-2-3-5-9-19/h6-7,10,18H,2-5,8-9,11-12H2,1H3. The predicted octanol–water partition coefficient (Wildman–Crippen LogP) is 2.16. The molecular formula is C17H23N3O2. The van der Waals surface area contributed by atoms with Crippen LogP contribution in [-0.4, -0.2) is 42.9 Å². The molecule has 1 N–H and O–H groups in total. The normalized spacial score (nSPS) is 18.5. The quantitative estimate of drug-likeness (QED) is 0.910. The van der Waals surface area contributed by atoms with E-state index in [-0.39, 0.29) is 24.9 Å². The van der Waals surface area contributed by atoms with Gasteiger partial charge in [0, 0.05) is 13.1 Å². The second-order valence-electron chi connectivity index (χ2n) is 6.15. The van der Waals surface area contributed by atoms with Crippen molar-refractivity contribution < 1.29 is 9.59 Å². The fourth-order valence-corrected chi connectivity index (χ4v) is 3.16. The lowest BCUT2D eigenvalue weighted by Gasteiger charge is -2.32. The molecule has 1 aromatic rings. The van der Waals surface area contributed by atoms with E-state index in [1.807, 2.05) is 30.0 Å².